The average Bonchev–Trinajstić information content (AvgIpc) is 2.55. The van der Waals surface area contributed by atoms with Crippen molar-refractivity contribution in [1.29, 1.82) is 0 Å². The lowest BCUT2D eigenvalue weighted by molar-refractivity contribution is -0.136. The fourth-order valence-corrected chi connectivity index (χ4v) is 2.09. The number of carbonyl (C=O) groups excluding carboxylic acids is 2. The molecule has 24 heavy (non-hydrogen) atoms. The van der Waals surface area contributed by atoms with Crippen molar-refractivity contribution >= 4 is 23.7 Å². The van der Waals surface area contributed by atoms with Crippen LogP contribution in [0.4, 0.5) is 5.69 Å². The van der Waals surface area contributed by atoms with E-state index in [1.165, 1.54) is 11.8 Å². The molecular formula is C19H21N3O2. The van der Waals surface area contributed by atoms with Crippen LogP contribution in [0.2, 0.25) is 0 Å². The Balaban J connectivity index is 1.88. The number of nitrogens with zero attached hydrogens (tertiary/aromatic N) is 1. The molecule has 5 heteroatoms. The summed E-state index contributed by atoms with van der Waals surface area (Å²) in [6.45, 7) is 6.15. The van der Waals surface area contributed by atoms with E-state index < -0.39 is 11.8 Å². The fraction of sp³-hybridized carbons (Fsp3) is 0.211. The fourth-order valence-electron chi connectivity index (χ4n) is 2.09. The molecule has 0 aliphatic rings. The van der Waals surface area contributed by atoms with Crippen molar-refractivity contribution in [3.63, 3.8) is 0 Å². The maximum Gasteiger partial charge on any atom is 0.329 e. The summed E-state index contributed by atoms with van der Waals surface area (Å²) in [5.74, 6) is -1.11. The summed E-state index contributed by atoms with van der Waals surface area (Å²) in [6.07, 6.45) is 1.50. The number of hydrazone groups is 1. The number of carbonyl (C=O) groups is 2. The number of benzene rings is 2. The molecule has 2 rings (SSSR count). The highest BCUT2D eigenvalue weighted by molar-refractivity contribution is 6.39. The van der Waals surface area contributed by atoms with Crippen LogP contribution in [0.5, 0.6) is 0 Å². The van der Waals surface area contributed by atoms with E-state index >= 15 is 0 Å². The molecule has 0 unspecified atom stereocenters. The van der Waals surface area contributed by atoms with Crippen LogP contribution in [0.3, 0.4) is 0 Å². The van der Waals surface area contributed by atoms with Gasteiger partial charge in [-0.15, -0.1) is 0 Å². The van der Waals surface area contributed by atoms with Crippen LogP contribution in [-0.4, -0.2) is 18.0 Å². The lowest BCUT2D eigenvalue weighted by Gasteiger charge is -2.05. The highest BCUT2D eigenvalue weighted by Gasteiger charge is 2.12. The molecule has 0 spiro atoms. The van der Waals surface area contributed by atoms with Crippen molar-refractivity contribution in [2.45, 2.75) is 26.7 Å². The first kappa shape index (κ1) is 17.4. The van der Waals surface area contributed by atoms with Crippen LogP contribution < -0.4 is 10.7 Å². The largest absolute Gasteiger partial charge is 0.329 e. The van der Waals surface area contributed by atoms with Gasteiger partial charge in [-0.05, 0) is 41.7 Å². The Hall–Kier alpha value is -2.95. The molecule has 0 aromatic heterocycles. The van der Waals surface area contributed by atoms with Gasteiger partial charge < -0.3 is 5.32 Å². The number of nitrogens with one attached hydrogen (secondary N) is 2. The monoisotopic (exact) mass is 323 g/mol. The van der Waals surface area contributed by atoms with Gasteiger partial charge in [0.15, 0.2) is 0 Å². The molecule has 0 fully saturated rings. The van der Waals surface area contributed by atoms with E-state index in [4.69, 9.17) is 0 Å². The lowest BCUT2D eigenvalue weighted by Crippen LogP contribution is -2.32. The predicted octanol–water partition coefficient (Wildman–Crippen LogP) is 3.21. The first-order chi connectivity index (χ1) is 11.5. The van der Waals surface area contributed by atoms with Gasteiger partial charge in [0.2, 0.25) is 0 Å². The maximum atomic E-state index is 11.8. The zero-order chi connectivity index (χ0) is 17.5. The molecule has 0 saturated carbocycles. The SMILES string of the molecule is Cc1cccc(NC(=O)C(=O)NN=Cc2ccc(C(C)C)cc2)c1. The molecule has 2 N–H and O–H groups in total. The van der Waals surface area contributed by atoms with Crippen LogP contribution in [0.25, 0.3) is 0 Å². The smallest absolute Gasteiger partial charge is 0.318 e. The second kappa shape index (κ2) is 8.06. The Morgan fingerprint density at radius 1 is 1.04 bits per heavy atom. The normalized spacial score (nSPS) is 10.8. The molecule has 5 nitrogen and oxygen atoms in total. The Kier molecular flexibility index (Phi) is 5.84. The van der Waals surface area contributed by atoms with E-state index in [1.807, 2.05) is 43.3 Å². The second-order valence-electron chi connectivity index (χ2n) is 5.84. The van der Waals surface area contributed by atoms with Gasteiger partial charge in [0, 0.05) is 5.69 Å². The number of hydrogen-bond donors (Lipinski definition) is 2. The molecule has 2 aromatic carbocycles. The van der Waals surface area contributed by atoms with Crippen LogP contribution in [0.15, 0.2) is 53.6 Å². The van der Waals surface area contributed by atoms with Crippen molar-refractivity contribution in [2.75, 3.05) is 5.32 Å². The van der Waals surface area contributed by atoms with Crippen LogP contribution >= 0.6 is 0 Å². The standard InChI is InChI=1S/C19H21N3O2/c1-13(2)16-9-7-15(8-10-16)12-20-22-19(24)18(23)21-17-6-4-5-14(3)11-17/h4-13H,1-3H3,(H,21,23)(H,22,24). The van der Waals surface area contributed by atoms with Gasteiger partial charge in [0.25, 0.3) is 0 Å². The zero-order valence-corrected chi connectivity index (χ0v) is 14.0. The molecule has 0 aliphatic carbocycles. The minimum absolute atomic E-state index is 0.459. The Bertz CT molecular complexity index is 749. The van der Waals surface area contributed by atoms with Crippen LogP contribution in [0.1, 0.15) is 36.5 Å². The van der Waals surface area contributed by atoms with E-state index in [0.29, 0.717) is 11.6 Å². The first-order valence-corrected chi connectivity index (χ1v) is 7.76. The molecule has 0 radical (unpaired) electrons. The highest BCUT2D eigenvalue weighted by Crippen LogP contribution is 2.13. The van der Waals surface area contributed by atoms with Crippen LogP contribution in [0, 0.1) is 6.92 Å². The van der Waals surface area contributed by atoms with Gasteiger partial charge in [0.1, 0.15) is 0 Å². The van der Waals surface area contributed by atoms with Crippen molar-refractivity contribution in [3.8, 4) is 0 Å². The summed E-state index contributed by atoms with van der Waals surface area (Å²) in [6, 6.07) is 15.1. The van der Waals surface area contributed by atoms with E-state index in [2.05, 4.69) is 29.7 Å². The second-order valence-corrected chi connectivity index (χ2v) is 5.84. The summed E-state index contributed by atoms with van der Waals surface area (Å²) in [7, 11) is 0. The number of aryl methyl sites for hydroxylation is 1. The summed E-state index contributed by atoms with van der Waals surface area (Å²) >= 11 is 0. The Morgan fingerprint density at radius 3 is 2.38 bits per heavy atom. The average molecular weight is 323 g/mol. The molecule has 0 saturated heterocycles. The Labute approximate surface area is 141 Å². The summed E-state index contributed by atoms with van der Waals surface area (Å²) in [4.78, 5) is 23.5. The molecule has 0 atom stereocenters. The van der Waals surface area contributed by atoms with E-state index in [1.54, 1.807) is 12.1 Å². The van der Waals surface area contributed by atoms with Crippen molar-refractivity contribution in [2.24, 2.45) is 5.10 Å². The number of hydrogen-bond acceptors (Lipinski definition) is 3. The van der Waals surface area contributed by atoms with E-state index in [0.717, 1.165) is 11.1 Å². The van der Waals surface area contributed by atoms with E-state index in [-0.39, 0.29) is 0 Å². The molecule has 2 aromatic rings. The van der Waals surface area contributed by atoms with E-state index in [9.17, 15) is 9.59 Å². The van der Waals surface area contributed by atoms with Gasteiger partial charge in [-0.3, -0.25) is 9.59 Å². The minimum atomic E-state index is -0.813. The van der Waals surface area contributed by atoms with Crippen molar-refractivity contribution in [1.82, 2.24) is 5.43 Å². The number of amides is 2. The number of anilines is 1. The molecule has 0 heterocycles. The summed E-state index contributed by atoms with van der Waals surface area (Å²) < 4.78 is 0. The molecule has 2 amide bonds. The van der Waals surface area contributed by atoms with Gasteiger partial charge >= 0.3 is 11.8 Å². The van der Waals surface area contributed by atoms with Gasteiger partial charge in [-0.25, -0.2) is 5.43 Å². The zero-order valence-electron chi connectivity index (χ0n) is 14.0. The van der Waals surface area contributed by atoms with Crippen molar-refractivity contribution in [3.05, 3.63) is 65.2 Å². The minimum Gasteiger partial charge on any atom is -0.318 e. The lowest BCUT2D eigenvalue weighted by atomic mass is 10.0. The quantitative estimate of drug-likeness (QED) is 0.515. The van der Waals surface area contributed by atoms with Gasteiger partial charge in [-0.2, -0.15) is 5.10 Å². The predicted molar refractivity (Wildman–Crippen MR) is 96.1 cm³/mol. The third kappa shape index (κ3) is 5.05. The van der Waals surface area contributed by atoms with Gasteiger partial charge in [-0.1, -0.05) is 50.2 Å². The molecule has 0 aliphatic heterocycles. The first-order valence-electron chi connectivity index (χ1n) is 7.76. The van der Waals surface area contributed by atoms with Crippen molar-refractivity contribution < 1.29 is 9.59 Å². The summed E-state index contributed by atoms with van der Waals surface area (Å²) in [5, 5.41) is 6.34. The highest BCUT2D eigenvalue weighted by atomic mass is 16.2. The third-order valence-electron chi connectivity index (χ3n) is 3.47. The summed E-state index contributed by atoms with van der Waals surface area (Å²) in [5.41, 5.74) is 5.87. The molecular weight excluding hydrogens is 302 g/mol. The van der Waals surface area contributed by atoms with Crippen LogP contribution in [-0.2, 0) is 9.59 Å². The maximum absolute atomic E-state index is 11.8. The third-order valence-corrected chi connectivity index (χ3v) is 3.47. The Morgan fingerprint density at radius 2 is 1.75 bits per heavy atom. The topological polar surface area (TPSA) is 70.6 Å². The molecule has 0 bridgehead atoms. The molecule has 124 valence electrons. The van der Waals surface area contributed by atoms with Gasteiger partial charge in [0.05, 0.1) is 6.21 Å². The number of rotatable bonds is 4.